The van der Waals surface area contributed by atoms with Gasteiger partial charge in [0.2, 0.25) is 0 Å². The maximum absolute atomic E-state index is 11.9. The highest BCUT2D eigenvalue weighted by molar-refractivity contribution is 5.76. The highest BCUT2D eigenvalue weighted by atomic mass is 16.5. The third-order valence-electron chi connectivity index (χ3n) is 3.29. The van der Waals surface area contributed by atoms with E-state index in [0.717, 1.165) is 16.7 Å². The summed E-state index contributed by atoms with van der Waals surface area (Å²) in [5.41, 5.74) is 8.64. The monoisotopic (exact) mass is 285 g/mol. The van der Waals surface area contributed by atoms with Crippen LogP contribution in [0.5, 0.6) is 5.75 Å². The van der Waals surface area contributed by atoms with Crippen molar-refractivity contribution in [1.82, 2.24) is 0 Å². The van der Waals surface area contributed by atoms with Gasteiger partial charge in [-0.1, -0.05) is 36.4 Å². The lowest BCUT2D eigenvalue weighted by atomic mass is 10.0. The second kappa shape index (κ2) is 6.90. The molecule has 2 aromatic rings. The normalized spacial score (nSPS) is 11.9. The summed E-state index contributed by atoms with van der Waals surface area (Å²) in [5, 5.41) is 9.37. The zero-order chi connectivity index (χ0) is 15.2. The summed E-state index contributed by atoms with van der Waals surface area (Å²) in [7, 11) is 0. The number of rotatable bonds is 5. The van der Waals surface area contributed by atoms with Crippen molar-refractivity contribution in [1.29, 1.82) is 0 Å². The molecule has 0 aliphatic heterocycles. The lowest BCUT2D eigenvalue weighted by Crippen LogP contribution is -2.34. The highest BCUT2D eigenvalue weighted by Crippen LogP contribution is 2.17. The maximum Gasteiger partial charge on any atom is 0.323 e. The lowest BCUT2D eigenvalue weighted by molar-refractivity contribution is -0.146. The fraction of sp³-hybridized carbons (Fsp3) is 0.235. The average molecular weight is 285 g/mol. The summed E-state index contributed by atoms with van der Waals surface area (Å²) in [4.78, 5) is 11.9. The SMILES string of the molecule is Cc1cc(O)ccc1C[C@H](N)C(=O)OCc1ccccc1. The van der Waals surface area contributed by atoms with E-state index in [-0.39, 0.29) is 12.4 Å². The van der Waals surface area contributed by atoms with Crippen LogP contribution < -0.4 is 5.73 Å². The number of carbonyl (C=O) groups excluding carboxylic acids is 1. The molecule has 0 unspecified atom stereocenters. The fourth-order valence-corrected chi connectivity index (χ4v) is 2.07. The van der Waals surface area contributed by atoms with E-state index in [1.165, 1.54) is 0 Å². The van der Waals surface area contributed by atoms with Crippen molar-refractivity contribution < 1.29 is 14.6 Å². The quantitative estimate of drug-likeness (QED) is 0.827. The van der Waals surface area contributed by atoms with Gasteiger partial charge in [-0.25, -0.2) is 0 Å². The van der Waals surface area contributed by atoms with Crippen molar-refractivity contribution in [2.24, 2.45) is 5.73 Å². The molecule has 0 aromatic heterocycles. The van der Waals surface area contributed by atoms with Crippen LogP contribution in [-0.4, -0.2) is 17.1 Å². The minimum atomic E-state index is -0.711. The third kappa shape index (κ3) is 4.33. The Hall–Kier alpha value is -2.33. The van der Waals surface area contributed by atoms with Crippen LogP contribution in [0.1, 0.15) is 16.7 Å². The lowest BCUT2D eigenvalue weighted by Gasteiger charge is -2.13. The van der Waals surface area contributed by atoms with E-state index in [1.807, 2.05) is 37.3 Å². The minimum Gasteiger partial charge on any atom is -0.508 e. The van der Waals surface area contributed by atoms with Gasteiger partial charge in [-0.3, -0.25) is 4.79 Å². The molecule has 0 heterocycles. The summed E-state index contributed by atoms with van der Waals surface area (Å²) < 4.78 is 5.21. The Kier molecular flexibility index (Phi) is 4.95. The number of hydrogen-bond donors (Lipinski definition) is 2. The molecule has 1 atom stereocenters. The van der Waals surface area contributed by atoms with E-state index in [9.17, 15) is 9.90 Å². The second-order valence-corrected chi connectivity index (χ2v) is 5.01. The van der Waals surface area contributed by atoms with Crippen LogP contribution in [0.2, 0.25) is 0 Å². The van der Waals surface area contributed by atoms with Crippen LogP contribution >= 0.6 is 0 Å². The first kappa shape index (κ1) is 15.1. The Labute approximate surface area is 124 Å². The number of nitrogens with two attached hydrogens (primary N) is 1. The molecule has 21 heavy (non-hydrogen) atoms. The highest BCUT2D eigenvalue weighted by Gasteiger charge is 2.16. The van der Waals surface area contributed by atoms with Crippen LogP contribution in [0.15, 0.2) is 48.5 Å². The molecule has 4 heteroatoms. The summed E-state index contributed by atoms with van der Waals surface area (Å²) >= 11 is 0. The van der Waals surface area contributed by atoms with Crippen molar-refractivity contribution in [3.8, 4) is 5.75 Å². The van der Waals surface area contributed by atoms with Crippen molar-refractivity contribution >= 4 is 5.97 Å². The van der Waals surface area contributed by atoms with Gasteiger partial charge in [0.25, 0.3) is 0 Å². The first-order chi connectivity index (χ1) is 10.1. The first-order valence-corrected chi connectivity index (χ1v) is 6.81. The van der Waals surface area contributed by atoms with Gasteiger partial charge in [-0.15, -0.1) is 0 Å². The molecule has 2 rings (SSSR count). The molecule has 0 bridgehead atoms. The van der Waals surface area contributed by atoms with Gasteiger partial charge in [-0.2, -0.15) is 0 Å². The van der Waals surface area contributed by atoms with Gasteiger partial charge in [0.15, 0.2) is 0 Å². The van der Waals surface area contributed by atoms with Gasteiger partial charge >= 0.3 is 5.97 Å². The van der Waals surface area contributed by atoms with Crippen LogP contribution in [0, 0.1) is 6.92 Å². The molecular formula is C17H19NO3. The Bertz CT molecular complexity index is 611. The zero-order valence-electron chi connectivity index (χ0n) is 12.0. The standard InChI is InChI=1S/C17H19NO3/c1-12-9-15(19)8-7-14(12)10-16(18)17(20)21-11-13-5-3-2-4-6-13/h2-9,16,19H,10-11,18H2,1H3/t16-/m0/s1. The molecule has 110 valence electrons. The Morgan fingerprint density at radius 2 is 1.95 bits per heavy atom. The van der Waals surface area contributed by atoms with Crippen LogP contribution in [0.25, 0.3) is 0 Å². The van der Waals surface area contributed by atoms with Gasteiger partial charge in [0.05, 0.1) is 0 Å². The van der Waals surface area contributed by atoms with E-state index >= 15 is 0 Å². The predicted octanol–water partition coefficient (Wildman–Crippen LogP) is 2.31. The first-order valence-electron chi connectivity index (χ1n) is 6.81. The van der Waals surface area contributed by atoms with E-state index < -0.39 is 12.0 Å². The largest absolute Gasteiger partial charge is 0.508 e. The number of carbonyl (C=O) groups is 1. The van der Waals surface area contributed by atoms with Crippen LogP contribution in [-0.2, 0) is 22.6 Å². The molecule has 2 aromatic carbocycles. The number of hydrogen-bond acceptors (Lipinski definition) is 4. The molecule has 0 aliphatic carbocycles. The number of benzene rings is 2. The summed E-state index contributed by atoms with van der Waals surface area (Å²) in [6.07, 6.45) is 0.389. The predicted molar refractivity (Wildman–Crippen MR) is 80.8 cm³/mol. The van der Waals surface area contributed by atoms with E-state index in [2.05, 4.69) is 0 Å². The van der Waals surface area contributed by atoms with Gasteiger partial charge in [0, 0.05) is 0 Å². The molecule has 0 spiro atoms. The molecule has 3 N–H and O–H groups in total. The van der Waals surface area contributed by atoms with Gasteiger partial charge in [0.1, 0.15) is 18.4 Å². The number of aryl methyl sites for hydroxylation is 1. The summed E-state index contributed by atoms with van der Waals surface area (Å²) in [5.74, 6) is -0.220. The molecule has 0 saturated heterocycles. The minimum absolute atomic E-state index is 0.205. The number of phenolic OH excluding ortho intramolecular Hbond substituents is 1. The van der Waals surface area contributed by atoms with E-state index in [0.29, 0.717) is 6.42 Å². The van der Waals surface area contributed by atoms with Crippen molar-refractivity contribution in [3.05, 3.63) is 65.2 Å². The van der Waals surface area contributed by atoms with Crippen molar-refractivity contribution in [2.75, 3.05) is 0 Å². The molecule has 0 fully saturated rings. The molecule has 0 amide bonds. The molecule has 0 radical (unpaired) electrons. The van der Waals surface area contributed by atoms with E-state index in [4.69, 9.17) is 10.5 Å². The number of esters is 1. The Balaban J connectivity index is 1.90. The fourth-order valence-electron chi connectivity index (χ4n) is 2.07. The Morgan fingerprint density at radius 1 is 1.24 bits per heavy atom. The van der Waals surface area contributed by atoms with Crippen LogP contribution in [0.4, 0.5) is 0 Å². The smallest absolute Gasteiger partial charge is 0.323 e. The molecule has 4 nitrogen and oxygen atoms in total. The van der Waals surface area contributed by atoms with E-state index in [1.54, 1.807) is 18.2 Å². The zero-order valence-corrected chi connectivity index (χ0v) is 12.0. The van der Waals surface area contributed by atoms with Gasteiger partial charge < -0.3 is 15.6 Å². The summed E-state index contributed by atoms with van der Waals surface area (Å²) in [6.45, 7) is 2.10. The van der Waals surface area contributed by atoms with Crippen LogP contribution in [0.3, 0.4) is 0 Å². The Morgan fingerprint density at radius 3 is 2.62 bits per heavy atom. The molecule has 0 saturated carbocycles. The molecule has 0 aliphatic rings. The van der Waals surface area contributed by atoms with Gasteiger partial charge in [-0.05, 0) is 42.2 Å². The number of ether oxygens (including phenoxy) is 1. The topological polar surface area (TPSA) is 72.5 Å². The van der Waals surface area contributed by atoms with Crippen molar-refractivity contribution in [3.63, 3.8) is 0 Å². The maximum atomic E-state index is 11.9. The second-order valence-electron chi connectivity index (χ2n) is 5.01. The third-order valence-corrected chi connectivity index (χ3v) is 3.29. The van der Waals surface area contributed by atoms with Crippen molar-refractivity contribution in [2.45, 2.75) is 26.0 Å². The molecular weight excluding hydrogens is 266 g/mol. The number of aromatic hydroxyl groups is 1. The average Bonchev–Trinajstić information content (AvgIpc) is 2.48. The summed E-state index contributed by atoms with van der Waals surface area (Å²) in [6, 6.07) is 13.8. The number of phenols is 1.